The van der Waals surface area contributed by atoms with Crippen molar-refractivity contribution in [1.29, 1.82) is 0 Å². The first kappa shape index (κ1) is 16.0. The maximum atomic E-state index is 12.0. The molecule has 4 rings (SSSR count). The van der Waals surface area contributed by atoms with Gasteiger partial charge in [0, 0.05) is 36.1 Å². The number of benzene rings is 2. The van der Waals surface area contributed by atoms with Crippen molar-refractivity contribution in [1.82, 2.24) is 9.55 Å². The van der Waals surface area contributed by atoms with E-state index in [0.717, 1.165) is 39.8 Å². The highest BCUT2D eigenvalue weighted by molar-refractivity contribution is 7.98. The van der Waals surface area contributed by atoms with Gasteiger partial charge in [0.1, 0.15) is 5.58 Å². The van der Waals surface area contributed by atoms with Gasteiger partial charge in [-0.1, -0.05) is 49.0 Å². The van der Waals surface area contributed by atoms with Gasteiger partial charge in [-0.3, -0.25) is 0 Å². The van der Waals surface area contributed by atoms with Gasteiger partial charge in [-0.25, -0.2) is 9.78 Å². The molecule has 2 aromatic carbocycles. The van der Waals surface area contributed by atoms with Gasteiger partial charge in [-0.2, -0.15) is 0 Å². The summed E-state index contributed by atoms with van der Waals surface area (Å²) in [4.78, 5) is 16.4. The summed E-state index contributed by atoms with van der Waals surface area (Å²) < 4.78 is 7.57. The molecule has 2 aromatic heterocycles. The topological polar surface area (TPSA) is 48.0 Å². The standard InChI is InChI=1S/C20H18N2O2S/c1-2-10-22-11-9-21-20(22)25-13-15-12-18(23)24-17-8-7-14-5-3-4-6-16(14)19(15)17/h3-9,11-12H,2,10,13H2,1H3. The summed E-state index contributed by atoms with van der Waals surface area (Å²) in [7, 11) is 0. The molecule has 2 heterocycles. The van der Waals surface area contributed by atoms with E-state index >= 15 is 0 Å². The Balaban J connectivity index is 1.79. The van der Waals surface area contributed by atoms with Crippen LogP contribution in [0.1, 0.15) is 18.9 Å². The van der Waals surface area contributed by atoms with Crippen molar-refractivity contribution in [2.24, 2.45) is 0 Å². The van der Waals surface area contributed by atoms with E-state index in [1.54, 1.807) is 17.8 Å². The average molecular weight is 350 g/mol. The summed E-state index contributed by atoms with van der Waals surface area (Å²) >= 11 is 1.65. The lowest BCUT2D eigenvalue weighted by Gasteiger charge is -2.09. The van der Waals surface area contributed by atoms with Crippen LogP contribution in [-0.4, -0.2) is 9.55 Å². The molecule has 0 aliphatic rings. The van der Waals surface area contributed by atoms with Crippen LogP contribution in [0.25, 0.3) is 21.7 Å². The molecule has 126 valence electrons. The van der Waals surface area contributed by atoms with Gasteiger partial charge in [-0.05, 0) is 28.8 Å². The van der Waals surface area contributed by atoms with E-state index in [4.69, 9.17) is 4.42 Å². The Labute approximate surface area is 149 Å². The molecule has 0 bridgehead atoms. The first-order valence-corrected chi connectivity index (χ1v) is 9.33. The monoisotopic (exact) mass is 350 g/mol. The Bertz CT molecular complexity index is 1100. The van der Waals surface area contributed by atoms with E-state index in [9.17, 15) is 4.79 Å². The highest BCUT2D eigenvalue weighted by atomic mass is 32.2. The second kappa shape index (κ2) is 6.76. The van der Waals surface area contributed by atoms with Crippen LogP contribution < -0.4 is 5.63 Å². The largest absolute Gasteiger partial charge is 0.423 e. The number of thioether (sulfide) groups is 1. The molecule has 5 heteroatoms. The molecule has 0 saturated carbocycles. The van der Waals surface area contributed by atoms with Gasteiger partial charge < -0.3 is 8.98 Å². The molecule has 25 heavy (non-hydrogen) atoms. The number of aryl methyl sites for hydroxylation is 1. The Morgan fingerprint density at radius 2 is 2.08 bits per heavy atom. The van der Waals surface area contributed by atoms with Gasteiger partial charge in [-0.15, -0.1) is 0 Å². The Morgan fingerprint density at radius 1 is 1.20 bits per heavy atom. The zero-order valence-electron chi connectivity index (χ0n) is 13.9. The first-order valence-electron chi connectivity index (χ1n) is 8.34. The molecule has 0 spiro atoms. The van der Waals surface area contributed by atoms with E-state index in [1.165, 1.54) is 0 Å². The fourth-order valence-electron chi connectivity index (χ4n) is 3.12. The summed E-state index contributed by atoms with van der Waals surface area (Å²) in [5, 5.41) is 4.24. The van der Waals surface area contributed by atoms with Crippen LogP contribution in [0, 0.1) is 0 Å². The SMILES string of the molecule is CCCn1ccnc1SCc1cc(=O)oc2ccc3ccccc3c12. The summed E-state index contributed by atoms with van der Waals surface area (Å²) in [5.41, 5.74) is 1.31. The molecule has 0 saturated heterocycles. The molecular formula is C20H18N2O2S. The molecule has 0 atom stereocenters. The highest BCUT2D eigenvalue weighted by Crippen LogP contribution is 2.31. The number of nitrogens with zero attached hydrogens (tertiary/aromatic N) is 2. The lowest BCUT2D eigenvalue weighted by atomic mass is 10.0. The quantitative estimate of drug-likeness (QED) is 0.293. The number of hydrogen-bond donors (Lipinski definition) is 0. The smallest absolute Gasteiger partial charge is 0.336 e. The minimum Gasteiger partial charge on any atom is -0.423 e. The van der Waals surface area contributed by atoms with Crippen LogP contribution in [0.3, 0.4) is 0 Å². The molecule has 0 amide bonds. The van der Waals surface area contributed by atoms with Crippen molar-refractivity contribution in [3.63, 3.8) is 0 Å². The van der Waals surface area contributed by atoms with E-state index < -0.39 is 0 Å². The maximum absolute atomic E-state index is 12.0. The predicted octanol–water partition coefficient (Wildman–Crippen LogP) is 4.85. The zero-order chi connectivity index (χ0) is 17.2. The minimum absolute atomic E-state index is 0.310. The maximum Gasteiger partial charge on any atom is 0.336 e. The first-order chi connectivity index (χ1) is 12.3. The molecule has 0 radical (unpaired) electrons. The molecule has 0 fully saturated rings. The molecule has 4 aromatic rings. The third kappa shape index (κ3) is 3.07. The number of hydrogen-bond acceptors (Lipinski definition) is 4. The second-order valence-electron chi connectivity index (χ2n) is 5.94. The van der Waals surface area contributed by atoms with Gasteiger partial charge in [0.2, 0.25) is 0 Å². The number of imidazole rings is 1. The number of fused-ring (bicyclic) bond motifs is 3. The second-order valence-corrected chi connectivity index (χ2v) is 6.88. The van der Waals surface area contributed by atoms with Gasteiger partial charge >= 0.3 is 5.63 Å². The summed E-state index contributed by atoms with van der Waals surface area (Å²) in [6.07, 6.45) is 4.88. The Kier molecular flexibility index (Phi) is 4.32. The van der Waals surface area contributed by atoms with Crippen LogP contribution >= 0.6 is 11.8 Å². The van der Waals surface area contributed by atoms with Crippen molar-refractivity contribution in [2.75, 3.05) is 0 Å². The zero-order valence-corrected chi connectivity index (χ0v) is 14.8. The highest BCUT2D eigenvalue weighted by Gasteiger charge is 2.11. The molecule has 4 nitrogen and oxygen atoms in total. The summed E-state index contributed by atoms with van der Waals surface area (Å²) in [5.74, 6) is 0.677. The van der Waals surface area contributed by atoms with Gasteiger partial charge in [0.25, 0.3) is 0 Å². The number of rotatable bonds is 5. The summed E-state index contributed by atoms with van der Waals surface area (Å²) in [6, 6.07) is 13.7. The van der Waals surface area contributed by atoms with Crippen LogP contribution in [-0.2, 0) is 12.3 Å². The lowest BCUT2D eigenvalue weighted by Crippen LogP contribution is -2.01. The molecular weight excluding hydrogens is 332 g/mol. The third-order valence-corrected chi connectivity index (χ3v) is 5.27. The van der Waals surface area contributed by atoms with Crippen molar-refractivity contribution < 1.29 is 4.42 Å². The van der Waals surface area contributed by atoms with Crippen molar-refractivity contribution in [3.05, 3.63) is 70.8 Å². The fraction of sp³-hybridized carbons (Fsp3) is 0.200. The fourth-order valence-corrected chi connectivity index (χ4v) is 4.09. The predicted molar refractivity (Wildman–Crippen MR) is 102 cm³/mol. The van der Waals surface area contributed by atoms with E-state index in [2.05, 4.69) is 28.6 Å². The van der Waals surface area contributed by atoms with Crippen LogP contribution in [0.4, 0.5) is 0 Å². The minimum atomic E-state index is -0.310. The molecule has 0 N–H and O–H groups in total. The van der Waals surface area contributed by atoms with Crippen molar-refractivity contribution in [3.8, 4) is 0 Å². The third-order valence-electron chi connectivity index (χ3n) is 4.21. The van der Waals surface area contributed by atoms with Crippen molar-refractivity contribution in [2.45, 2.75) is 30.8 Å². The van der Waals surface area contributed by atoms with Gasteiger partial charge in [0.15, 0.2) is 5.16 Å². The number of aromatic nitrogens is 2. The Hall–Kier alpha value is -2.53. The molecule has 0 unspecified atom stereocenters. The molecule has 0 aliphatic carbocycles. The van der Waals surface area contributed by atoms with Crippen LogP contribution in [0.2, 0.25) is 0 Å². The summed E-state index contributed by atoms with van der Waals surface area (Å²) in [6.45, 7) is 3.10. The van der Waals surface area contributed by atoms with E-state index in [1.807, 2.05) is 36.7 Å². The lowest BCUT2D eigenvalue weighted by molar-refractivity contribution is 0.560. The average Bonchev–Trinajstić information content (AvgIpc) is 3.06. The van der Waals surface area contributed by atoms with Gasteiger partial charge in [0.05, 0.1) is 0 Å². The van der Waals surface area contributed by atoms with Crippen molar-refractivity contribution >= 4 is 33.5 Å². The Morgan fingerprint density at radius 3 is 2.96 bits per heavy atom. The van der Waals surface area contributed by atoms with Crippen LogP contribution in [0.15, 0.2) is 69.2 Å². The van der Waals surface area contributed by atoms with E-state index in [-0.39, 0.29) is 5.63 Å². The molecule has 0 aliphatic heterocycles. The normalized spacial score (nSPS) is 11.4. The van der Waals surface area contributed by atoms with E-state index in [0.29, 0.717) is 11.3 Å². The van der Waals surface area contributed by atoms with Crippen LogP contribution in [0.5, 0.6) is 0 Å².